The number of hydrogen-bond acceptors (Lipinski definition) is 5. The highest BCUT2D eigenvalue weighted by molar-refractivity contribution is 6.17. The predicted octanol–water partition coefficient (Wildman–Crippen LogP) is 3.09. The quantitative estimate of drug-likeness (QED) is 0.594. The highest BCUT2D eigenvalue weighted by Crippen LogP contribution is 2.47. The summed E-state index contributed by atoms with van der Waals surface area (Å²) in [6.07, 6.45) is 0.838. The van der Waals surface area contributed by atoms with Crippen LogP contribution in [0, 0.1) is 16.7 Å². The number of carbonyl (C=O) groups is 3. The molecule has 7 nitrogen and oxygen atoms in total. The van der Waals surface area contributed by atoms with E-state index in [0.29, 0.717) is 29.8 Å². The Hall–Kier alpha value is -3.66. The number of benzene rings is 2. The maximum Gasteiger partial charge on any atom is 0.340 e. The van der Waals surface area contributed by atoms with Crippen LogP contribution in [-0.2, 0) is 14.3 Å². The topological polar surface area (TPSA) is 108 Å². The summed E-state index contributed by atoms with van der Waals surface area (Å²) in [4.78, 5) is 37.5. The molecule has 2 aromatic rings. The minimum absolute atomic E-state index is 0.220. The average Bonchev–Trinajstić information content (AvgIpc) is 3.51. The van der Waals surface area contributed by atoms with Gasteiger partial charge in [0.2, 0.25) is 11.8 Å². The molecule has 0 atom stereocenters. The van der Waals surface area contributed by atoms with Crippen molar-refractivity contribution in [2.45, 2.75) is 19.8 Å². The Balaban J connectivity index is 1.73. The number of hydrogen-bond donors (Lipinski definition) is 2. The smallest absolute Gasteiger partial charge is 0.340 e. The summed E-state index contributed by atoms with van der Waals surface area (Å²) < 4.78 is 5.00. The molecule has 0 heterocycles. The number of rotatable bonds is 6. The van der Waals surface area contributed by atoms with Crippen molar-refractivity contribution < 1.29 is 19.1 Å². The summed E-state index contributed by atoms with van der Waals surface area (Å²) >= 11 is 0. The largest absolute Gasteiger partial charge is 0.462 e. The fourth-order valence-electron chi connectivity index (χ4n) is 2.78. The maximum atomic E-state index is 12.8. The Kier molecular flexibility index (Phi) is 5.41. The van der Waals surface area contributed by atoms with Gasteiger partial charge in [-0.05, 0) is 56.2 Å². The molecule has 0 bridgehead atoms. The van der Waals surface area contributed by atoms with Gasteiger partial charge in [-0.25, -0.2) is 4.79 Å². The fourth-order valence-corrected chi connectivity index (χ4v) is 2.78. The molecule has 2 N–H and O–H groups in total. The zero-order chi connectivity index (χ0) is 20.1. The van der Waals surface area contributed by atoms with Gasteiger partial charge >= 0.3 is 5.97 Å². The Labute approximate surface area is 162 Å². The number of nitrogens with one attached hydrogen (secondary N) is 2. The van der Waals surface area contributed by atoms with Crippen LogP contribution < -0.4 is 10.6 Å². The van der Waals surface area contributed by atoms with Gasteiger partial charge in [0.1, 0.15) is 5.41 Å². The van der Waals surface area contributed by atoms with Crippen LogP contribution in [0.2, 0.25) is 0 Å². The second-order valence-electron chi connectivity index (χ2n) is 6.45. The van der Waals surface area contributed by atoms with Crippen LogP contribution in [0.1, 0.15) is 35.7 Å². The number of nitriles is 1. The van der Waals surface area contributed by atoms with Crippen LogP contribution in [-0.4, -0.2) is 24.4 Å². The van der Waals surface area contributed by atoms with Crippen LogP contribution in [0.3, 0.4) is 0 Å². The number of carbonyl (C=O) groups excluding carboxylic acids is 3. The van der Waals surface area contributed by atoms with Gasteiger partial charge in [-0.2, -0.15) is 5.26 Å². The van der Waals surface area contributed by atoms with Gasteiger partial charge in [0.05, 0.1) is 29.5 Å². The number of esters is 1. The number of ether oxygens (including phenoxy) is 1. The third-order valence-electron chi connectivity index (χ3n) is 4.56. The molecule has 2 aromatic carbocycles. The van der Waals surface area contributed by atoms with Gasteiger partial charge in [-0.15, -0.1) is 0 Å². The molecular weight excluding hydrogens is 358 g/mol. The molecule has 3 rings (SSSR count). The molecule has 1 aliphatic carbocycles. The predicted molar refractivity (Wildman–Crippen MR) is 102 cm³/mol. The standard InChI is InChI=1S/C21H19N3O4/c1-2-28-18(25)16-5-3-4-6-17(16)24-20(27)21(11-12-21)19(26)23-15-9-7-14(13-22)8-10-15/h3-10H,2,11-12H2,1H3,(H,23,26)(H,24,27). The van der Waals surface area contributed by atoms with Gasteiger partial charge in [-0.3, -0.25) is 9.59 Å². The molecule has 0 unspecified atom stereocenters. The molecule has 142 valence electrons. The first-order chi connectivity index (χ1) is 13.5. The van der Waals surface area contributed by atoms with Gasteiger partial charge in [0.25, 0.3) is 0 Å². The second-order valence-corrected chi connectivity index (χ2v) is 6.45. The minimum Gasteiger partial charge on any atom is -0.462 e. The molecule has 1 saturated carbocycles. The van der Waals surface area contributed by atoms with Crippen molar-refractivity contribution in [1.29, 1.82) is 5.26 Å². The van der Waals surface area contributed by atoms with Crippen molar-refractivity contribution >= 4 is 29.2 Å². The van der Waals surface area contributed by atoms with Gasteiger partial charge in [0, 0.05) is 5.69 Å². The van der Waals surface area contributed by atoms with E-state index in [4.69, 9.17) is 10.00 Å². The lowest BCUT2D eigenvalue weighted by Gasteiger charge is -2.17. The molecule has 1 aliphatic rings. The van der Waals surface area contributed by atoms with Crippen LogP contribution in [0.5, 0.6) is 0 Å². The Morgan fingerprint density at radius 2 is 1.68 bits per heavy atom. The molecule has 0 aromatic heterocycles. The van der Waals surface area contributed by atoms with Crippen molar-refractivity contribution in [1.82, 2.24) is 0 Å². The first-order valence-corrected chi connectivity index (χ1v) is 8.89. The van der Waals surface area contributed by atoms with E-state index in [-0.39, 0.29) is 12.2 Å². The number of para-hydroxylation sites is 1. The number of anilines is 2. The van der Waals surface area contributed by atoms with E-state index >= 15 is 0 Å². The fraction of sp³-hybridized carbons (Fsp3) is 0.238. The lowest BCUT2D eigenvalue weighted by Crippen LogP contribution is -2.36. The third kappa shape index (κ3) is 3.86. The SMILES string of the molecule is CCOC(=O)c1ccccc1NC(=O)C1(C(=O)Nc2ccc(C#N)cc2)CC1. The van der Waals surface area contributed by atoms with E-state index in [2.05, 4.69) is 10.6 Å². The summed E-state index contributed by atoms with van der Waals surface area (Å²) in [5.74, 6) is -1.41. The minimum atomic E-state index is -1.17. The maximum absolute atomic E-state index is 12.8. The molecule has 2 amide bonds. The number of nitrogens with zero attached hydrogens (tertiary/aromatic N) is 1. The molecule has 28 heavy (non-hydrogen) atoms. The molecule has 0 spiro atoms. The molecule has 1 fully saturated rings. The Morgan fingerprint density at radius 3 is 2.29 bits per heavy atom. The highest BCUT2D eigenvalue weighted by atomic mass is 16.5. The lowest BCUT2D eigenvalue weighted by molar-refractivity contribution is -0.131. The zero-order valence-electron chi connectivity index (χ0n) is 15.3. The second kappa shape index (κ2) is 7.92. The first-order valence-electron chi connectivity index (χ1n) is 8.89. The summed E-state index contributed by atoms with van der Waals surface area (Å²) in [7, 11) is 0. The van der Waals surface area contributed by atoms with E-state index < -0.39 is 23.2 Å². The van der Waals surface area contributed by atoms with Crippen molar-refractivity contribution in [2.24, 2.45) is 5.41 Å². The van der Waals surface area contributed by atoms with E-state index in [0.717, 1.165) is 0 Å². The summed E-state index contributed by atoms with van der Waals surface area (Å²) in [6.45, 7) is 1.92. The average molecular weight is 377 g/mol. The highest BCUT2D eigenvalue weighted by Gasteiger charge is 2.56. The molecular formula is C21H19N3O4. The van der Waals surface area contributed by atoms with Gasteiger partial charge < -0.3 is 15.4 Å². The summed E-state index contributed by atoms with van der Waals surface area (Å²) in [5.41, 5.74) is 0.363. The third-order valence-corrected chi connectivity index (χ3v) is 4.56. The van der Waals surface area contributed by atoms with Crippen molar-refractivity contribution in [2.75, 3.05) is 17.2 Å². The molecule has 0 saturated heterocycles. The Morgan fingerprint density at radius 1 is 1.04 bits per heavy atom. The van der Waals surface area contributed by atoms with E-state index in [1.54, 1.807) is 55.5 Å². The summed E-state index contributed by atoms with van der Waals surface area (Å²) in [6, 6.07) is 14.9. The van der Waals surface area contributed by atoms with Gasteiger partial charge in [0.15, 0.2) is 0 Å². The van der Waals surface area contributed by atoms with Crippen molar-refractivity contribution in [3.05, 3.63) is 59.7 Å². The van der Waals surface area contributed by atoms with Crippen LogP contribution >= 0.6 is 0 Å². The zero-order valence-corrected chi connectivity index (χ0v) is 15.3. The first kappa shape index (κ1) is 19.1. The number of amides is 2. The van der Waals surface area contributed by atoms with E-state index in [9.17, 15) is 14.4 Å². The van der Waals surface area contributed by atoms with Crippen molar-refractivity contribution in [3.63, 3.8) is 0 Å². The lowest BCUT2D eigenvalue weighted by atomic mass is 10.0. The van der Waals surface area contributed by atoms with E-state index in [1.807, 2.05) is 6.07 Å². The van der Waals surface area contributed by atoms with E-state index in [1.165, 1.54) is 0 Å². The van der Waals surface area contributed by atoms with Crippen LogP contribution in [0.25, 0.3) is 0 Å². The Bertz CT molecular complexity index is 956. The molecule has 0 aliphatic heterocycles. The monoisotopic (exact) mass is 377 g/mol. The van der Waals surface area contributed by atoms with Crippen molar-refractivity contribution in [3.8, 4) is 6.07 Å². The van der Waals surface area contributed by atoms with Crippen LogP contribution in [0.15, 0.2) is 48.5 Å². The van der Waals surface area contributed by atoms with Crippen LogP contribution in [0.4, 0.5) is 11.4 Å². The summed E-state index contributed by atoms with van der Waals surface area (Å²) in [5, 5.41) is 14.2. The molecule has 7 heteroatoms. The normalized spacial score (nSPS) is 13.7. The van der Waals surface area contributed by atoms with Gasteiger partial charge in [-0.1, -0.05) is 12.1 Å². The molecule has 0 radical (unpaired) electrons.